The molecule has 4 unspecified atom stereocenters. The smallest absolute Gasteiger partial charge is 0.356 e. The van der Waals surface area contributed by atoms with Crippen LogP contribution in [0.1, 0.15) is 54.1 Å². The van der Waals surface area contributed by atoms with Crippen LogP contribution >= 0.6 is 0 Å². The number of piperidine rings is 1. The zero-order valence-electron chi connectivity index (χ0n) is 20.3. The van der Waals surface area contributed by atoms with E-state index in [-0.39, 0.29) is 46.8 Å². The summed E-state index contributed by atoms with van der Waals surface area (Å²) < 4.78 is 22.2. The summed E-state index contributed by atoms with van der Waals surface area (Å²) >= 11 is 0. The van der Waals surface area contributed by atoms with Crippen molar-refractivity contribution in [3.63, 3.8) is 0 Å². The Morgan fingerprint density at radius 2 is 2.16 bits per heavy atom. The van der Waals surface area contributed by atoms with Gasteiger partial charge in [0, 0.05) is 35.9 Å². The van der Waals surface area contributed by atoms with Crippen molar-refractivity contribution in [2.24, 2.45) is 0 Å². The van der Waals surface area contributed by atoms with E-state index in [0.717, 1.165) is 31.4 Å². The average molecular weight is 513 g/mol. The van der Waals surface area contributed by atoms with Crippen LogP contribution in [0.5, 0.6) is 17.2 Å². The lowest BCUT2D eigenvalue weighted by Gasteiger charge is -2.17. The lowest BCUT2D eigenvalue weighted by atomic mass is 10.0. The highest BCUT2D eigenvalue weighted by Crippen LogP contribution is 2.58. The van der Waals surface area contributed by atoms with Gasteiger partial charge in [0.05, 0.1) is 25.3 Å². The van der Waals surface area contributed by atoms with E-state index in [2.05, 4.69) is 20.4 Å². The second-order valence-corrected chi connectivity index (χ2v) is 9.92. The Kier molecular flexibility index (Phi) is 5.80. The number of carbonyl (C=O) groups is 3. The molecule has 2 aromatic rings. The lowest BCUT2D eigenvalue weighted by Crippen LogP contribution is -2.35. The zero-order valence-corrected chi connectivity index (χ0v) is 20.3. The van der Waals surface area contributed by atoms with E-state index in [1.165, 1.54) is 19.2 Å². The van der Waals surface area contributed by atoms with E-state index in [1.807, 2.05) is 0 Å². The summed E-state index contributed by atoms with van der Waals surface area (Å²) in [6.45, 7) is 0.201. The number of carbonyl (C=O) groups excluding carboxylic acids is 3. The number of anilines is 1. The predicted molar refractivity (Wildman–Crippen MR) is 127 cm³/mol. The van der Waals surface area contributed by atoms with Crippen LogP contribution in [0.4, 0.5) is 5.82 Å². The number of morpholine rings is 1. The number of phenolic OH excluding ortho intramolecular Hbond substituents is 1. The van der Waals surface area contributed by atoms with Crippen LogP contribution in [0.2, 0.25) is 0 Å². The van der Waals surface area contributed by atoms with Gasteiger partial charge in [0.15, 0.2) is 18.7 Å². The van der Waals surface area contributed by atoms with Gasteiger partial charge in [-0.3, -0.25) is 19.6 Å². The summed E-state index contributed by atoms with van der Waals surface area (Å²) in [6.07, 6.45) is 4.58. The van der Waals surface area contributed by atoms with Crippen LogP contribution in [-0.2, 0) is 19.1 Å². The molecule has 0 spiro atoms. The lowest BCUT2D eigenvalue weighted by molar-refractivity contribution is -0.166. The third-order valence-corrected chi connectivity index (χ3v) is 7.83. The minimum atomic E-state index is -0.829. The molecular weight excluding hydrogens is 484 g/mol. The number of ether oxygens (including phenoxy) is 4. The molecule has 6 rings (SSSR count). The Morgan fingerprint density at radius 3 is 2.95 bits per heavy atom. The predicted octanol–water partition coefficient (Wildman–Crippen LogP) is 1.71. The molecule has 1 amide bonds. The normalized spacial score (nSPS) is 31.0. The first-order valence-electron chi connectivity index (χ1n) is 12.4. The third-order valence-electron chi connectivity index (χ3n) is 7.83. The quantitative estimate of drug-likeness (QED) is 0.257. The van der Waals surface area contributed by atoms with Gasteiger partial charge in [-0.15, -0.1) is 0 Å². The number of methoxy groups -OCH3 is 1. The Labute approximate surface area is 212 Å². The molecule has 3 saturated heterocycles. The molecule has 3 aliphatic heterocycles. The van der Waals surface area contributed by atoms with Gasteiger partial charge in [-0.1, -0.05) is 0 Å². The van der Waals surface area contributed by atoms with Crippen LogP contribution in [0.3, 0.4) is 0 Å². The largest absolute Gasteiger partial charge is 0.507 e. The van der Waals surface area contributed by atoms with E-state index in [1.54, 1.807) is 6.07 Å². The van der Waals surface area contributed by atoms with Crippen molar-refractivity contribution in [1.82, 2.24) is 15.1 Å². The second kappa shape index (κ2) is 9.03. The van der Waals surface area contributed by atoms with Crippen LogP contribution in [0.15, 0.2) is 18.2 Å². The van der Waals surface area contributed by atoms with Crippen molar-refractivity contribution in [1.29, 1.82) is 0 Å². The minimum absolute atomic E-state index is 0.0287. The SMILES string of the molecule is COc1cc(O)c(C=O)c(OCC(=O)Nc2cc([C@H]3CC[C@@H](OC(=O)C45OCC6CCC4N65)C3)[nH]n2)c1. The number of benzene rings is 1. The highest BCUT2D eigenvalue weighted by Gasteiger charge is 2.78. The molecule has 1 aromatic carbocycles. The number of phenols is 1. The van der Waals surface area contributed by atoms with Crippen LogP contribution in [0.25, 0.3) is 0 Å². The monoisotopic (exact) mass is 512 g/mol. The highest BCUT2D eigenvalue weighted by atomic mass is 16.6. The standard InChI is InChI=1S/C25H28N4O8/c1-34-16-7-19(31)17(10-30)20(8-16)35-12-23(32)26-22-9-18(27-28-22)13-2-4-15(6-13)37-24(33)25-21-5-3-14(11-36-25)29(21)25/h7-10,13-15,21,31H,2-6,11-12H2,1H3,(H2,26,27,28,32)/t13-,14?,15+,21?,25?,29?/m0/s1. The van der Waals surface area contributed by atoms with Gasteiger partial charge in [-0.2, -0.15) is 5.10 Å². The molecule has 1 aromatic heterocycles. The summed E-state index contributed by atoms with van der Waals surface area (Å²) in [5, 5.41) is 19.7. The van der Waals surface area contributed by atoms with Crippen molar-refractivity contribution in [3.05, 3.63) is 29.5 Å². The summed E-state index contributed by atoms with van der Waals surface area (Å²) in [7, 11) is 1.41. The molecule has 1 saturated carbocycles. The fourth-order valence-corrected chi connectivity index (χ4v) is 6.00. The number of aldehydes is 1. The molecule has 0 bridgehead atoms. The Balaban J connectivity index is 1.00. The van der Waals surface area contributed by atoms with Gasteiger partial charge < -0.3 is 29.4 Å². The molecule has 4 heterocycles. The fourth-order valence-electron chi connectivity index (χ4n) is 6.00. The Hall–Kier alpha value is -3.64. The molecule has 196 valence electrons. The molecule has 12 heteroatoms. The van der Waals surface area contributed by atoms with Crippen molar-refractivity contribution in [3.8, 4) is 17.2 Å². The van der Waals surface area contributed by atoms with Gasteiger partial charge in [-0.05, 0) is 32.1 Å². The molecule has 4 aliphatic rings. The molecule has 0 radical (unpaired) electrons. The number of hydrogen-bond donors (Lipinski definition) is 3. The Morgan fingerprint density at radius 1 is 1.30 bits per heavy atom. The number of aromatic amines is 1. The number of H-pyrrole nitrogens is 1. The maximum Gasteiger partial charge on any atom is 0.356 e. The third kappa shape index (κ3) is 4.00. The molecule has 4 fully saturated rings. The van der Waals surface area contributed by atoms with Crippen molar-refractivity contribution in [2.75, 3.05) is 25.6 Å². The van der Waals surface area contributed by atoms with Gasteiger partial charge >= 0.3 is 5.97 Å². The molecule has 6 atom stereocenters. The van der Waals surface area contributed by atoms with Gasteiger partial charge in [-0.25, -0.2) is 4.79 Å². The number of amides is 1. The minimum Gasteiger partial charge on any atom is -0.507 e. The summed E-state index contributed by atoms with van der Waals surface area (Å²) in [5.41, 5.74) is -0.0591. The first kappa shape index (κ1) is 23.7. The van der Waals surface area contributed by atoms with Crippen LogP contribution in [-0.4, -0.2) is 82.6 Å². The van der Waals surface area contributed by atoms with E-state index >= 15 is 0 Å². The summed E-state index contributed by atoms with van der Waals surface area (Å²) in [6, 6.07) is 4.98. The summed E-state index contributed by atoms with van der Waals surface area (Å²) in [5.74, 6) is -0.292. The fraction of sp³-hybridized carbons (Fsp3) is 0.520. The van der Waals surface area contributed by atoms with Crippen LogP contribution in [0, 0.1) is 0 Å². The number of fused-ring (bicyclic) bond motifs is 1. The van der Waals surface area contributed by atoms with Crippen molar-refractivity contribution < 1.29 is 38.4 Å². The van der Waals surface area contributed by atoms with Gasteiger partial charge in [0.25, 0.3) is 5.91 Å². The van der Waals surface area contributed by atoms with Gasteiger partial charge in [0.2, 0.25) is 5.72 Å². The van der Waals surface area contributed by atoms with Gasteiger partial charge in [0.1, 0.15) is 23.4 Å². The number of nitrogens with zero attached hydrogens (tertiary/aromatic N) is 2. The topological polar surface area (TPSA) is 152 Å². The number of aromatic hydroxyl groups is 1. The van der Waals surface area contributed by atoms with E-state index in [9.17, 15) is 19.5 Å². The number of rotatable bonds is 9. The molecule has 1 aliphatic carbocycles. The molecular formula is C25H28N4O8. The Bertz CT molecular complexity index is 1250. The molecule has 37 heavy (non-hydrogen) atoms. The zero-order chi connectivity index (χ0) is 25.7. The number of nitrogens with one attached hydrogen (secondary N) is 2. The maximum absolute atomic E-state index is 12.9. The molecule has 3 N–H and O–H groups in total. The number of aromatic nitrogens is 2. The number of esters is 1. The van der Waals surface area contributed by atoms with E-state index in [4.69, 9.17) is 18.9 Å². The van der Waals surface area contributed by atoms with E-state index in [0.29, 0.717) is 31.2 Å². The summed E-state index contributed by atoms with van der Waals surface area (Å²) in [4.78, 5) is 38.7. The van der Waals surface area contributed by atoms with Crippen LogP contribution < -0.4 is 14.8 Å². The highest BCUT2D eigenvalue weighted by molar-refractivity contribution is 5.91. The number of hydrogen-bond acceptors (Lipinski definition) is 10. The first-order valence-corrected chi connectivity index (χ1v) is 12.4. The average Bonchev–Trinajstić information content (AvgIpc) is 3.43. The van der Waals surface area contributed by atoms with Crippen molar-refractivity contribution in [2.45, 2.75) is 61.9 Å². The maximum atomic E-state index is 12.9. The second-order valence-electron chi connectivity index (χ2n) is 9.92. The van der Waals surface area contributed by atoms with E-state index < -0.39 is 18.2 Å². The first-order chi connectivity index (χ1) is 17.9. The van der Waals surface area contributed by atoms with Crippen molar-refractivity contribution >= 4 is 24.0 Å². The molecule has 12 nitrogen and oxygen atoms in total.